The van der Waals surface area contributed by atoms with E-state index in [0.29, 0.717) is 19.6 Å². The van der Waals surface area contributed by atoms with E-state index in [4.69, 9.17) is 0 Å². The molecule has 1 heterocycles. The molecule has 0 spiro atoms. The minimum atomic E-state index is -0.467. The van der Waals surface area contributed by atoms with Gasteiger partial charge in [-0.3, -0.25) is 4.79 Å². The Bertz CT molecular complexity index is 483. The van der Waals surface area contributed by atoms with Crippen molar-refractivity contribution >= 4 is 5.91 Å². The molecule has 3 rings (SSSR count). The van der Waals surface area contributed by atoms with Gasteiger partial charge in [-0.25, -0.2) is 0 Å². The first-order valence-electron chi connectivity index (χ1n) is 7.96. The Morgan fingerprint density at radius 2 is 1.95 bits per heavy atom. The molecule has 1 aromatic rings. The molecule has 2 aliphatic rings. The first kappa shape index (κ1) is 14.5. The standard InChI is InChI=1S/C17H24N2O2/c20-15-12-18-10-11-19(13-15)16(21)17(8-4-5-9-17)14-6-2-1-3-7-14/h1-3,6-7,15,18,20H,4-5,8-13H2/t15-/m1/s1. The molecule has 1 aromatic carbocycles. The van der Waals surface area contributed by atoms with Crippen LogP contribution in [0.5, 0.6) is 0 Å². The van der Waals surface area contributed by atoms with Crippen LogP contribution >= 0.6 is 0 Å². The van der Waals surface area contributed by atoms with Crippen LogP contribution in [0.15, 0.2) is 30.3 Å². The van der Waals surface area contributed by atoms with Crippen molar-refractivity contribution in [1.29, 1.82) is 0 Å². The predicted molar refractivity (Wildman–Crippen MR) is 82.0 cm³/mol. The van der Waals surface area contributed by atoms with Crippen LogP contribution in [0.4, 0.5) is 0 Å². The van der Waals surface area contributed by atoms with E-state index >= 15 is 0 Å². The summed E-state index contributed by atoms with van der Waals surface area (Å²) in [6.07, 6.45) is 3.60. The highest BCUT2D eigenvalue weighted by Gasteiger charge is 2.45. The molecule has 1 amide bonds. The van der Waals surface area contributed by atoms with Crippen LogP contribution < -0.4 is 5.32 Å². The van der Waals surface area contributed by atoms with Gasteiger partial charge >= 0.3 is 0 Å². The summed E-state index contributed by atoms with van der Waals surface area (Å²) in [5.74, 6) is 0.203. The van der Waals surface area contributed by atoms with E-state index in [1.165, 1.54) is 0 Å². The average molecular weight is 288 g/mol. The van der Waals surface area contributed by atoms with Crippen molar-refractivity contribution in [3.05, 3.63) is 35.9 Å². The maximum absolute atomic E-state index is 13.2. The maximum Gasteiger partial charge on any atom is 0.233 e. The average Bonchev–Trinajstić information content (AvgIpc) is 2.92. The lowest BCUT2D eigenvalue weighted by molar-refractivity contribution is -0.138. The quantitative estimate of drug-likeness (QED) is 0.862. The number of carbonyl (C=O) groups excluding carboxylic acids is 1. The number of aliphatic hydroxyl groups excluding tert-OH is 1. The molecule has 114 valence electrons. The van der Waals surface area contributed by atoms with E-state index < -0.39 is 6.10 Å². The van der Waals surface area contributed by atoms with Gasteiger partial charge in [-0.2, -0.15) is 0 Å². The van der Waals surface area contributed by atoms with E-state index in [1.54, 1.807) is 0 Å². The molecule has 21 heavy (non-hydrogen) atoms. The summed E-state index contributed by atoms with van der Waals surface area (Å²) in [6, 6.07) is 10.2. The number of amides is 1. The lowest BCUT2D eigenvalue weighted by Crippen LogP contribution is -2.48. The summed E-state index contributed by atoms with van der Waals surface area (Å²) in [4.78, 5) is 15.1. The Morgan fingerprint density at radius 3 is 2.67 bits per heavy atom. The molecule has 1 saturated heterocycles. The van der Waals surface area contributed by atoms with E-state index in [1.807, 2.05) is 23.1 Å². The van der Waals surface area contributed by atoms with Gasteiger partial charge in [-0.05, 0) is 18.4 Å². The molecule has 2 N–H and O–H groups in total. The first-order chi connectivity index (χ1) is 10.2. The minimum absolute atomic E-state index is 0.203. The van der Waals surface area contributed by atoms with E-state index in [0.717, 1.165) is 37.8 Å². The SMILES string of the molecule is O=C(N1CCNC[C@@H](O)C1)C1(c2ccccc2)CCCC1. The molecule has 2 fully saturated rings. The molecule has 0 aromatic heterocycles. The topological polar surface area (TPSA) is 52.6 Å². The van der Waals surface area contributed by atoms with Gasteiger partial charge in [-0.1, -0.05) is 43.2 Å². The molecule has 1 aliphatic carbocycles. The minimum Gasteiger partial charge on any atom is -0.390 e. The summed E-state index contributed by atoms with van der Waals surface area (Å²) in [5.41, 5.74) is 0.768. The number of β-amino-alcohol motifs (C(OH)–C–C–N with tert-alkyl or cyclic N) is 1. The van der Waals surface area contributed by atoms with Crippen molar-refractivity contribution in [1.82, 2.24) is 10.2 Å². The Kier molecular flexibility index (Phi) is 4.27. The smallest absolute Gasteiger partial charge is 0.233 e. The normalized spacial score (nSPS) is 25.6. The number of carbonyl (C=O) groups is 1. The molecule has 4 nitrogen and oxygen atoms in total. The van der Waals surface area contributed by atoms with Crippen LogP contribution in [-0.4, -0.2) is 48.2 Å². The molecular formula is C17H24N2O2. The second-order valence-corrected chi connectivity index (χ2v) is 6.26. The molecule has 1 saturated carbocycles. The highest BCUT2D eigenvalue weighted by atomic mass is 16.3. The van der Waals surface area contributed by atoms with Gasteiger partial charge in [0, 0.05) is 26.2 Å². The van der Waals surface area contributed by atoms with Crippen molar-refractivity contribution in [2.24, 2.45) is 0 Å². The highest BCUT2D eigenvalue weighted by molar-refractivity contribution is 5.88. The third kappa shape index (κ3) is 2.83. The molecular weight excluding hydrogens is 264 g/mol. The summed E-state index contributed by atoms with van der Waals surface area (Å²) in [5, 5.41) is 13.1. The lowest BCUT2D eigenvalue weighted by Gasteiger charge is -2.34. The van der Waals surface area contributed by atoms with E-state index in [-0.39, 0.29) is 11.3 Å². The third-order valence-electron chi connectivity index (χ3n) is 4.85. The van der Waals surface area contributed by atoms with Crippen LogP contribution in [0.1, 0.15) is 31.2 Å². The Morgan fingerprint density at radius 1 is 1.24 bits per heavy atom. The van der Waals surface area contributed by atoms with Gasteiger partial charge in [0.05, 0.1) is 11.5 Å². The second-order valence-electron chi connectivity index (χ2n) is 6.26. The zero-order valence-electron chi connectivity index (χ0n) is 12.4. The van der Waals surface area contributed by atoms with Crippen molar-refractivity contribution in [2.75, 3.05) is 26.2 Å². The monoisotopic (exact) mass is 288 g/mol. The van der Waals surface area contributed by atoms with Gasteiger partial charge < -0.3 is 15.3 Å². The fourth-order valence-corrected chi connectivity index (χ4v) is 3.74. The Hall–Kier alpha value is -1.39. The number of hydrogen-bond donors (Lipinski definition) is 2. The fourth-order valence-electron chi connectivity index (χ4n) is 3.74. The Labute approximate surface area is 126 Å². The molecule has 1 aliphatic heterocycles. The summed E-state index contributed by atoms with van der Waals surface area (Å²) < 4.78 is 0. The van der Waals surface area contributed by atoms with Gasteiger partial charge in [-0.15, -0.1) is 0 Å². The zero-order chi connectivity index (χ0) is 14.7. The molecule has 0 unspecified atom stereocenters. The largest absolute Gasteiger partial charge is 0.390 e. The van der Waals surface area contributed by atoms with Crippen molar-refractivity contribution < 1.29 is 9.90 Å². The Balaban J connectivity index is 1.88. The van der Waals surface area contributed by atoms with Crippen LogP contribution in [0, 0.1) is 0 Å². The molecule has 1 atom stereocenters. The predicted octanol–water partition coefficient (Wildman–Crippen LogP) is 1.29. The second kappa shape index (κ2) is 6.16. The number of aliphatic hydroxyl groups is 1. The van der Waals surface area contributed by atoms with Crippen LogP contribution in [0.3, 0.4) is 0 Å². The summed E-state index contributed by atoms with van der Waals surface area (Å²) in [6.45, 7) is 2.46. The number of nitrogens with zero attached hydrogens (tertiary/aromatic N) is 1. The van der Waals surface area contributed by atoms with E-state index in [9.17, 15) is 9.90 Å². The lowest BCUT2D eigenvalue weighted by atomic mass is 9.77. The zero-order valence-corrected chi connectivity index (χ0v) is 12.4. The number of benzene rings is 1. The summed E-state index contributed by atoms with van der Waals surface area (Å²) >= 11 is 0. The maximum atomic E-state index is 13.2. The summed E-state index contributed by atoms with van der Waals surface area (Å²) in [7, 11) is 0. The first-order valence-corrected chi connectivity index (χ1v) is 7.96. The number of rotatable bonds is 2. The van der Waals surface area contributed by atoms with Crippen LogP contribution in [-0.2, 0) is 10.2 Å². The fraction of sp³-hybridized carbons (Fsp3) is 0.588. The molecule has 0 radical (unpaired) electrons. The van der Waals surface area contributed by atoms with Gasteiger partial charge in [0.2, 0.25) is 5.91 Å². The van der Waals surface area contributed by atoms with Crippen LogP contribution in [0.2, 0.25) is 0 Å². The highest BCUT2D eigenvalue weighted by Crippen LogP contribution is 2.42. The molecule has 4 heteroatoms. The number of nitrogens with one attached hydrogen (secondary N) is 1. The van der Waals surface area contributed by atoms with Crippen molar-refractivity contribution in [3.63, 3.8) is 0 Å². The van der Waals surface area contributed by atoms with Crippen LogP contribution in [0.25, 0.3) is 0 Å². The van der Waals surface area contributed by atoms with Gasteiger partial charge in [0.1, 0.15) is 0 Å². The van der Waals surface area contributed by atoms with Gasteiger partial charge in [0.15, 0.2) is 0 Å². The number of hydrogen-bond acceptors (Lipinski definition) is 3. The van der Waals surface area contributed by atoms with E-state index in [2.05, 4.69) is 17.4 Å². The molecule has 0 bridgehead atoms. The third-order valence-corrected chi connectivity index (χ3v) is 4.85. The van der Waals surface area contributed by atoms with Crippen molar-refractivity contribution in [2.45, 2.75) is 37.2 Å². The van der Waals surface area contributed by atoms with Crippen molar-refractivity contribution in [3.8, 4) is 0 Å². The van der Waals surface area contributed by atoms with Gasteiger partial charge in [0.25, 0.3) is 0 Å².